The van der Waals surface area contributed by atoms with Crippen molar-refractivity contribution in [1.29, 1.82) is 0 Å². The van der Waals surface area contributed by atoms with Crippen LogP contribution in [-0.4, -0.2) is 43.0 Å². The van der Waals surface area contributed by atoms with Crippen molar-refractivity contribution in [2.24, 2.45) is 0 Å². The Morgan fingerprint density at radius 3 is 2.90 bits per heavy atom. The highest BCUT2D eigenvalue weighted by Gasteiger charge is 2.17. The first-order chi connectivity index (χ1) is 10.3. The molecule has 4 nitrogen and oxygen atoms in total. The van der Waals surface area contributed by atoms with Gasteiger partial charge in [-0.1, -0.05) is 12.1 Å². The van der Waals surface area contributed by atoms with Crippen LogP contribution in [0.4, 0.5) is 0 Å². The van der Waals surface area contributed by atoms with Crippen LogP contribution in [-0.2, 0) is 6.54 Å². The van der Waals surface area contributed by atoms with E-state index in [0.717, 1.165) is 38.0 Å². The topological polar surface area (TPSA) is 44.4 Å². The molecule has 0 aliphatic carbocycles. The summed E-state index contributed by atoms with van der Waals surface area (Å²) in [4.78, 5) is 14.8. The van der Waals surface area contributed by atoms with Crippen molar-refractivity contribution < 1.29 is 4.79 Å². The SMILES string of the molecule is O=C(N[C@H]1CCCNC1)c1cccc(CN2CCCC2)c1. The average Bonchev–Trinajstić information content (AvgIpc) is 3.01. The number of piperidine rings is 1. The number of amides is 1. The van der Waals surface area contributed by atoms with E-state index in [9.17, 15) is 4.79 Å². The van der Waals surface area contributed by atoms with Gasteiger partial charge in [-0.15, -0.1) is 0 Å². The lowest BCUT2D eigenvalue weighted by molar-refractivity contribution is 0.0930. The Kier molecular flexibility index (Phi) is 4.88. The van der Waals surface area contributed by atoms with Gasteiger partial charge in [0.2, 0.25) is 0 Å². The number of carbonyl (C=O) groups is 1. The number of nitrogens with zero attached hydrogens (tertiary/aromatic N) is 1. The Bertz CT molecular complexity index is 477. The number of carbonyl (C=O) groups excluding carboxylic acids is 1. The zero-order valence-electron chi connectivity index (χ0n) is 12.6. The molecule has 0 radical (unpaired) electrons. The number of hydrogen-bond acceptors (Lipinski definition) is 3. The Labute approximate surface area is 126 Å². The molecule has 2 saturated heterocycles. The molecule has 0 saturated carbocycles. The Hall–Kier alpha value is -1.39. The summed E-state index contributed by atoms with van der Waals surface area (Å²) in [6.45, 7) is 5.29. The highest BCUT2D eigenvalue weighted by atomic mass is 16.1. The number of hydrogen-bond donors (Lipinski definition) is 2. The van der Waals surface area contributed by atoms with Crippen molar-refractivity contribution in [2.75, 3.05) is 26.2 Å². The molecule has 21 heavy (non-hydrogen) atoms. The van der Waals surface area contributed by atoms with Gasteiger partial charge in [0.05, 0.1) is 0 Å². The Balaban J connectivity index is 1.59. The second kappa shape index (κ2) is 7.05. The average molecular weight is 287 g/mol. The minimum atomic E-state index is 0.0620. The molecular weight excluding hydrogens is 262 g/mol. The molecule has 0 aromatic heterocycles. The minimum Gasteiger partial charge on any atom is -0.348 e. The molecule has 2 N–H and O–H groups in total. The summed E-state index contributed by atoms with van der Waals surface area (Å²) in [5.41, 5.74) is 2.03. The van der Waals surface area contributed by atoms with Crippen LogP contribution in [0.25, 0.3) is 0 Å². The third-order valence-electron chi connectivity index (χ3n) is 4.43. The lowest BCUT2D eigenvalue weighted by Gasteiger charge is -2.24. The van der Waals surface area contributed by atoms with E-state index in [-0.39, 0.29) is 11.9 Å². The predicted molar refractivity (Wildman–Crippen MR) is 84.3 cm³/mol. The standard InChI is InChI=1S/C17H25N3O/c21-17(19-16-7-4-8-18-12-16)15-6-3-5-14(11-15)13-20-9-1-2-10-20/h3,5-6,11,16,18H,1-2,4,7-10,12-13H2,(H,19,21)/t16-/m0/s1. The first-order valence-electron chi connectivity index (χ1n) is 8.14. The number of likely N-dealkylation sites (tertiary alicyclic amines) is 1. The summed E-state index contributed by atoms with van der Waals surface area (Å²) < 4.78 is 0. The van der Waals surface area contributed by atoms with Crippen LogP contribution in [0.2, 0.25) is 0 Å². The molecule has 1 aromatic rings. The third-order valence-corrected chi connectivity index (χ3v) is 4.43. The van der Waals surface area contributed by atoms with Gasteiger partial charge in [-0.2, -0.15) is 0 Å². The van der Waals surface area contributed by atoms with E-state index >= 15 is 0 Å². The fourth-order valence-electron chi connectivity index (χ4n) is 3.25. The molecule has 1 atom stereocenters. The van der Waals surface area contributed by atoms with Crippen LogP contribution in [0, 0.1) is 0 Å². The van der Waals surface area contributed by atoms with Crippen LogP contribution >= 0.6 is 0 Å². The van der Waals surface area contributed by atoms with Gasteiger partial charge >= 0.3 is 0 Å². The molecule has 0 unspecified atom stereocenters. The first kappa shape index (κ1) is 14.5. The van der Waals surface area contributed by atoms with Crippen molar-refractivity contribution in [3.8, 4) is 0 Å². The normalized spacial score (nSPS) is 23.1. The number of rotatable bonds is 4. The maximum Gasteiger partial charge on any atom is 0.251 e. The van der Waals surface area contributed by atoms with Crippen LogP contribution in [0.1, 0.15) is 41.6 Å². The fraction of sp³-hybridized carbons (Fsp3) is 0.588. The van der Waals surface area contributed by atoms with Gasteiger partial charge in [-0.25, -0.2) is 0 Å². The third kappa shape index (κ3) is 4.05. The highest BCUT2D eigenvalue weighted by molar-refractivity contribution is 5.94. The lowest BCUT2D eigenvalue weighted by atomic mass is 10.1. The van der Waals surface area contributed by atoms with E-state index in [1.807, 2.05) is 18.2 Å². The molecular formula is C17H25N3O. The summed E-state index contributed by atoms with van der Waals surface area (Å²) in [6, 6.07) is 8.35. The molecule has 4 heteroatoms. The van der Waals surface area contributed by atoms with E-state index in [1.165, 1.54) is 31.5 Å². The van der Waals surface area contributed by atoms with Gasteiger partial charge in [-0.05, 0) is 63.0 Å². The van der Waals surface area contributed by atoms with E-state index in [1.54, 1.807) is 0 Å². The molecule has 2 fully saturated rings. The number of benzene rings is 1. The van der Waals surface area contributed by atoms with Gasteiger partial charge in [-0.3, -0.25) is 9.69 Å². The van der Waals surface area contributed by atoms with Gasteiger partial charge in [0, 0.05) is 24.7 Å². The van der Waals surface area contributed by atoms with Crippen LogP contribution in [0.3, 0.4) is 0 Å². The van der Waals surface area contributed by atoms with E-state index in [2.05, 4.69) is 21.6 Å². The molecule has 3 rings (SSSR count). The molecule has 2 aliphatic rings. The number of nitrogens with one attached hydrogen (secondary N) is 2. The fourth-order valence-corrected chi connectivity index (χ4v) is 3.25. The first-order valence-corrected chi connectivity index (χ1v) is 8.14. The van der Waals surface area contributed by atoms with Crippen molar-refractivity contribution in [1.82, 2.24) is 15.5 Å². The molecule has 0 bridgehead atoms. The molecule has 1 aromatic carbocycles. The van der Waals surface area contributed by atoms with Gasteiger partial charge in [0.1, 0.15) is 0 Å². The maximum atomic E-state index is 12.3. The van der Waals surface area contributed by atoms with Crippen molar-refractivity contribution in [2.45, 2.75) is 38.3 Å². The van der Waals surface area contributed by atoms with Crippen molar-refractivity contribution in [3.63, 3.8) is 0 Å². The molecule has 2 heterocycles. The summed E-state index contributed by atoms with van der Waals surface area (Å²) in [5, 5.41) is 6.47. The van der Waals surface area contributed by atoms with E-state index < -0.39 is 0 Å². The monoisotopic (exact) mass is 287 g/mol. The summed E-state index contributed by atoms with van der Waals surface area (Å²) in [6.07, 6.45) is 4.82. The van der Waals surface area contributed by atoms with Gasteiger partial charge in [0.25, 0.3) is 5.91 Å². The van der Waals surface area contributed by atoms with Crippen molar-refractivity contribution >= 4 is 5.91 Å². The van der Waals surface area contributed by atoms with E-state index in [4.69, 9.17) is 0 Å². The van der Waals surface area contributed by atoms with Gasteiger partial charge in [0.15, 0.2) is 0 Å². The molecule has 2 aliphatic heterocycles. The summed E-state index contributed by atoms with van der Waals surface area (Å²) in [5.74, 6) is 0.0620. The smallest absolute Gasteiger partial charge is 0.251 e. The molecule has 0 spiro atoms. The minimum absolute atomic E-state index is 0.0620. The van der Waals surface area contributed by atoms with Crippen LogP contribution in [0.15, 0.2) is 24.3 Å². The predicted octanol–water partition coefficient (Wildman–Crippen LogP) is 1.76. The highest BCUT2D eigenvalue weighted by Crippen LogP contribution is 2.14. The summed E-state index contributed by atoms with van der Waals surface area (Å²) >= 11 is 0. The van der Waals surface area contributed by atoms with Crippen LogP contribution in [0.5, 0.6) is 0 Å². The Morgan fingerprint density at radius 1 is 1.29 bits per heavy atom. The maximum absolute atomic E-state index is 12.3. The van der Waals surface area contributed by atoms with Crippen LogP contribution < -0.4 is 10.6 Å². The zero-order chi connectivity index (χ0) is 14.5. The largest absolute Gasteiger partial charge is 0.348 e. The molecule has 114 valence electrons. The van der Waals surface area contributed by atoms with Gasteiger partial charge < -0.3 is 10.6 Å². The second-order valence-electron chi connectivity index (χ2n) is 6.20. The Morgan fingerprint density at radius 2 is 2.14 bits per heavy atom. The zero-order valence-corrected chi connectivity index (χ0v) is 12.6. The molecule has 1 amide bonds. The second-order valence-corrected chi connectivity index (χ2v) is 6.20. The quantitative estimate of drug-likeness (QED) is 0.887. The lowest BCUT2D eigenvalue weighted by Crippen LogP contribution is -2.45. The van der Waals surface area contributed by atoms with Crippen molar-refractivity contribution in [3.05, 3.63) is 35.4 Å². The summed E-state index contributed by atoms with van der Waals surface area (Å²) in [7, 11) is 0. The van der Waals surface area contributed by atoms with E-state index in [0.29, 0.717) is 0 Å².